The Morgan fingerprint density at radius 2 is 1.70 bits per heavy atom. The molecular weight excluding hydrogens is 384 g/mol. The summed E-state index contributed by atoms with van der Waals surface area (Å²) in [7, 11) is 0. The summed E-state index contributed by atoms with van der Waals surface area (Å²) in [5, 5.41) is 5.30. The molecule has 1 saturated heterocycles. The van der Waals surface area contributed by atoms with Crippen molar-refractivity contribution >= 4 is 52.6 Å². The van der Waals surface area contributed by atoms with Gasteiger partial charge >= 0.3 is 0 Å². The van der Waals surface area contributed by atoms with E-state index in [0.29, 0.717) is 16.5 Å². The number of benzene rings is 2. The van der Waals surface area contributed by atoms with Crippen molar-refractivity contribution < 1.29 is 14.4 Å². The zero-order valence-corrected chi connectivity index (χ0v) is 15.6. The summed E-state index contributed by atoms with van der Waals surface area (Å²) in [5.74, 6) is -0.583. The van der Waals surface area contributed by atoms with Crippen LogP contribution in [0.5, 0.6) is 0 Å². The number of carbonyl (C=O) groups excluding carboxylic acids is 3. The van der Waals surface area contributed by atoms with E-state index in [1.54, 1.807) is 24.3 Å². The standard InChI is InChI=1S/C20H15ClN2O3S/c21-16-8-5-15(6-9-16)12-22-18(24)10-7-13-1-3-14(4-2-13)11-17-19(25)23-20(26)27-17/h1-11H,12H2,(H,22,24)(H,23,25,26)/b10-7+,17-11-. The van der Waals surface area contributed by atoms with E-state index in [2.05, 4.69) is 10.6 Å². The molecule has 3 rings (SSSR count). The summed E-state index contributed by atoms with van der Waals surface area (Å²) in [6, 6.07) is 14.6. The molecule has 1 heterocycles. The first-order valence-electron chi connectivity index (χ1n) is 8.05. The summed E-state index contributed by atoms with van der Waals surface area (Å²) in [6.07, 6.45) is 4.81. The third-order valence-electron chi connectivity index (χ3n) is 3.68. The minimum Gasteiger partial charge on any atom is -0.348 e. The summed E-state index contributed by atoms with van der Waals surface area (Å²) >= 11 is 6.70. The first-order valence-corrected chi connectivity index (χ1v) is 9.24. The van der Waals surface area contributed by atoms with Crippen molar-refractivity contribution in [2.45, 2.75) is 6.54 Å². The molecule has 5 nitrogen and oxygen atoms in total. The number of nitrogens with one attached hydrogen (secondary N) is 2. The molecule has 0 aliphatic carbocycles. The van der Waals surface area contributed by atoms with Crippen LogP contribution in [0.1, 0.15) is 16.7 Å². The van der Waals surface area contributed by atoms with E-state index in [0.717, 1.165) is 28.5 Å². The Kier molecular flexibility index (Phi) is 6.11. The molecule has 0 spiro atoms. The molecular formula is C20H15ClN2O3S. The average Bonchev–Trinajstić information content (AvgIpc) is 2.97. The van der Waals surface area contributed by atoms with E-state index in [1.165, 1.54) is 6.08 Å². The van der Waals surface area contributed by atoms with Gasteiger partial charge in [0.05, 0.1) is 4.91 Å². The molecule has 0 atom stereocenters. The van der Waals surface area contributed by atoms with Crippen molar-refractivity contribution in [3.8, 4) is 0 Å². The molecule has 0 unspecified atom stereocenters. The molecule has 2 aromatic rings. The number of imide groups is 1. The Labute approximate surface area is 165 Å². The van der Waals surface area contributed by atoms with Gasteiger partial charge in [0.2, 0.25) is 5.91 Å². The first kappa shape index (κ1) is 18.9. The molecule has 0 saturated carbocycles. The van der Waals surface area contributed by atoms with E-state index in [4.69, 9.17) is 11.6 Å². The number of rotatable bonds is 5. The highest BCUT2D eigenvalue weighted by Crippen LogP contribution is 2.25. The highest BCUT2D eigenvalue weighted by molar-refractivity contribution is 8.18. The first-order chi connectivity index (χ1) is 13.0. The molecule has 3 amide bonds. The second kappa shape index (κ2) is 8.70. The fourth-order valence-electron chi connectivity index (χ4n) is 2.30. The van der Waals surface area contributed by atoms with Crippen LogP contribution in [0.4, 0.5) is 4.79 Å². The maximum atomic E-state index is 11.9. The smallest absolute Gasteiger partial charge is 0.290 e. The Balaban J connectivity index is 1.55. The number of hydrogen-bond acceptors (Lipinski definition) is 4. The van der Waals surface area contributed by atoms with Gasteiger partial charge < -0.3 is 5.32 Å². The molecule has 136 valence electrons. The Morgan fingerprint density at radius 1 is 1.04 bits per heavy atom. The van der Waals surface area contributed by atoms with E-state index in [-0.39, 0.29) is 17.1 Å². The third-order valence-corrected chi connectivity index (χ3v) is 4.75. The maximum absolute atomic E-state index is 11.9. The van der Waals surface area contributed by atoms with Gasteiger partial charge in [-0.1, -0.05) is 48.0 Å². The molecule has 1 aliphatic rings. The lowest BCUT2D eigenvalue weighted by molar-refractivity contribution is -0.117. The fraction of sp³-hybridized carbons (Fsp3) is 0.0500. The van der Waals surface area contributed by atoms with Crippen LogP contribution in [0.3, 0.4) is 0 Å². The molecule has 2 N–H and O–H groups in total. The summed E-state index contributed by atoms with van der Waals surface area (Å²) < 4.78 is 0. The van der Waals surface area contributed by atoms with Crippen LogP contribution in [0.25, 0.3) is 12.2 Å². The summed E-state index contributed by atoms with van der Waals surface area (Å²) in [4.78, 5) is 35.0. The van der Waals surface area contributed by atoms with E-state index >= 15 is 0 Å². The topological polar surface area (TPSA) is 75.3 Å². The van der Waals surface area contributed by atoms with Gasteiger partial charge in [-0.25, -0.2) is 0 Å². The molecule has 1 aliphatic heterocycles. The van der Waals surface area contributed by atoms with Gasteiger partial charge in [-0.05, 0) is 52.7 Å². The van der Waals surface area contributed by atoms with Gasteiger partial charge in [0.1, 0.15) is 0 Å². The molecule has 2 aromatic carbocycles. The van der Waals surface area contributed by atoms with E-state index in [1.807, 2.05) is 36.4 Å². The minimum atomic E-state index is -0.383. The van der Waals surface area contributed by atoms with Crippen LogP contribution in [0.15, 0.2) is 59.5 Å². The van der Waals surface area contributed by atoms with E-state index in [9.17, 15) is 14.4 Å². The zero-order chi connectivity index (χ0) is 19.2. The predicted molar refractivity (Wildman–Crippen MR) is 108 cm³/mol. The van der Waals surface area contributed by atoms with Crippen molar-refractivity contribution in [3.05, 3.63) is 81.2 Å². The average molecular weight is 399 g/mol. The van der Waals surface area contributed by atoms with Crippen LogP contribution in [0, 0.1) is 0 Å². The minimum absolute atomic E-state index is 0.200. The van der Waals surface area contributed by atoms with Gasteiger partial charge in [0.25, 0.3) is 11.1 Å². The van der Waals surface area contributed by atoms with Gasteiger partial charge in [0, 0.05) is 17.6 Å². The quantitative estimate of drug-likeness (QED) is 0.746. The number of carbonyl (C=O) groups is 3. The zero-order valence-electron chi connectivity index (χ0n) is 14.1. The van der Waals surface area contributed by atoms with Crippen LogP contribution in [-0.4, -0.2) is 17.1 Å². The predicted octanol–water partition coefficient (Wildman–Crippen LogP) is 3.99. The highest BCUT2D eigenvalue weighted by atomic mass is 35.5. The molecule has 27 heavy (non-hydrogen) atoms. The SMILES string of the molecule is O=C(/C=C/c1ccc(/C=C2\SC(=O)NC2=O)cc1)NCc1ccc(Cl)cc1. The number of hydrogen-bond donors (Lipinski definition) is 2. The van der Waals surface area contributed by atoms with Crippen molar-refractivity contribution in [1.82, 2.24) is 10.6 Å². The van der Waals surface area contributed by atoms with Crippen molar-refractivity contribution in [3.63, 3.8) is 0 Å². The highest BCUT2D eigenvalue weighted by Gasteiger charge is 2.24. The third kappa shape index (κ3) is 5.57. The van der Waals surface area contributed by atoms with Crippen LogP contribution < -0.4 is 10.6 Å². The number of halogens is 1. The van der Waals surface area contributed by atoms with E-state index < -0.39 is 0 Å². The molecule has 7 heteroatoms. The maximum Gasteiger partial charge on any atom is 0.290 e. The lowest BCUT2D eigenvalue weighted by Gasteiger charge is -2.02. The fourth-order valence-corrected chi connectivity index (χ4v) is 3.11. The number of amides is 3. The lowest BCUT2D eigenvalue weighted by atomic mass is 10.1. The largest absolute Gasteiger partial charge is 0.348 e. The lowest BCUT2D eigenvalue weighted by Crippen LogP contribution is -2.20. The van der Waals surface area contributed by atoms with Crippen LogP contribution in [-0.2, 0) is 16.1 Å². The van der Waals surface area contributed by atoms with Crippen molar-refractivity contribution in [1.29, 1.82) is 0 Å². The Bertz CT molecular complexity index is 935. The number of thioether (sulfide) groups is 1. The second-order valence-electron chi connectivity index (χ2n) is 5.70. The van der Waals surface area contributed by atoms with Gasteiger partial charge in [0.15, 0.2) is 0 Å². The van der Waals surface area contributed by atoms with Gasteiger partial charge in [-0.3, -0.25) is 19.7 Å². The monoisotopic (exact) mass is 398 g/mol. The van der Waals surface area contributed by atoms with Crippen molar-refractivity contribution in [2.24, 2.45) is 0 Å². The Hall–Kier alpha value is -2.83. The van der Waals surface area contributed by atoms with Gasteiger partial charge in [-0.2, -0.15) is 0 Å². The van der Waals surface area contributed by atoms with Crippen LogP contribution in [0.2, 0.25) is 5.02 Å². The molecule has 0 aromatic heterocycles. The Morgan fingerprint density at radius 3 is 2.33 bits per heavy atom. The summed E-state index contributed by atoms with van der Waals surface area (Å²) in [6.45, 7) is 0.422. The molecule has 0 bridgehead atoms. The normalized spacial score (nSPS) is 15.4. The molecule has 0 radical (unpaired) electrons. The van der Waals surface area contributed by atoms with Gasteiger partial charge in [-0.15, -0.1) is 0 Å². The van der Waals surface area contributed by atoms with Crippen molar-refractivity contribution in [2.75, 3.05) is 0 Å². The second-order valence-corrected chi connectivity index (χ2v) is 7.15. The molecule has 1 fully saturated rings. The van der Waals surface area contributed by atoms with Crippen LogP contribution >= 0.6 is 23.4 Å². The summed E-state index contributed by atoms with van der Waals surface area (Å²) in [5.41, 5.74) is 2.61.